The van der Waals surface area contributed by atoms with Crippen LogP contribution in [-0.4, -0.2) is 31.9 Å². The molecule has 0 aromatic heterocycles. The van der Waals surface area contributed by atoms with Crippen molar-refractivity contribution in [2.24, 2.45) is 4.99 Å². The van der Waals surface area contributed by atoms with Gasteiger partial charge in [-0.2, -0.15) is 0 Å². The van der Waals surface area contributed by atoms with Gasteiger partial charge < -0.3 is 9.64 Å². The molecular weight excluding hydrogens is 284 g/mol. The van der Waals surface area contributed by atoms with Crippen LogP contribution in [0.1, 0.15) is 29.2 Å². The lowest BCUT2D eigenvalue weighted by Crippen LogP contribution is -2.14. The molecule has 0 aliphatic rings. The van der Waals surface area contributed by atoms with Gasteiger partial charge in [-0.25, -0.2) is 4.99 Å². The predicted octanol–water partition coefficient (Wildman–Crippen LogP) is 4.51. The summed E-state index contributed by atoms with van der Waals surface area (Å²) in [6.45, 7) is 7.28. The summed E-state index contributed by atoms with van der Waals surface area (Å²) >= 11 is 0. The molecule has 0 aliphatic heterocycles. The van der Waals surface area contributed by atoms with Gasteiger partial charge in [-0.05, 0) is 49.1 Å². The first-order valence-electron chi connectivity index (χ1n) is 8.01. The zero-order valence-electron chi connectivity index (χ0n) is 14.8. The van der Waals surface area contributed by atoms with E-state index in [0.717, 1.165) is 30.0 Å². The summed E-state index contributed by atoms with van der Waals surface area (Å²) in [5.41, 5.74) is 5.94. The molecule has 0 spiro atoms. The minimum Gasteiger partial charge on any atom is -0.496 e. The summed E-state index contributed by atoms with van der Waals surface area (Å²) in [4.78, 5) is 6.62. The molecule has 0 bridgehead atoms. The van der Waals surface area contributed by atoms with Crippen LogP contribution in [0.15, 0.2) is 41.4 Å². The second-order valence-electron chi connectivity index (χ2n) is 5.87. The number of nitrogens with zero attached hydrogens (tertiary/aromatic N) is 2. The van der Waals surface area contributed by atoms with Gasteiger partial charge in [0.2, 0.25) is 0 Å². The summed E-state index contributed by atoms with van der Waals surface area (Å²) in [5.74, 6) is 0.894. The molecule has 0 amide bonds. The standard InChI is InChI=1S/C20H26N2O/c1-6-22(4)14-21-19-13-20(23-5)18(11-16(19)3)12-17-10-8-7-9-15(17)2/h7-11,13-14H,6,12H2,1-5H3/b21-14+. The Kier molecular flexibility index (Phi) is 5.80. The predicted molar refractivity (Wildman–Crippen MR) is 98.2 cm³/mol. The van der Waals surface area contributed by atoms with Crippen molar-refractivity contribution in [2.75, 3.05) is 20.7 Å². The Morgan fingerprint density at radius 2 is 1.83 bits per heavy atom. The Balaban J connectivity index is 2.33. The Bertz CT molecular complexity index is 692. The maximum absolute atomic E-state index is 5.60. The van der Waals surface area contributed by atoms with Crippen LogP contribution in [0.2, 0.25) is 0 Å². The van der Waals surface area contributed by atoms with Crippen molar-refractivity contribution in [3.63, 3.8) is 0 Å². The lowest BCUT2D eigenvalue weighted by molar-refractivity contribution is 0.410. The van der Waals surface area contributed by atoms with Crippen molar-refractivity contribution in [1.82, 2.24) is 4.90 Å². The molecule has 2 aromatic carbocycles. The van der Waals surface area contributed by atoms with E-state index in [4.69, 9.17) is 4.74 Å². The first-order chi connectivity index (χ1) is 11.0. The van der Waals surface area contributed by atoms with E-state index in [0.29, 0.717) is 0 Å². The van der Waals surface area contributed by atoms with Crippen LogP contribution in [0, 0.1) is 13.8 Å². The van der Waals surface area contributed by atoms with E-state index in [1.165, 1.54) is 16.7 Å². The van der Waals surface area contributed by atoms with Crippen molar-refractivity contribution in [1.29, 1.82) is 0 Å². The number of benzene rings is 2. The fourth-order valence-electron chi connectivity index (χ4n) is 2.46. The van der Waals surface area contributed by atoms with Gasteiger partial charge in [0.15, 0.2) is 0 Å². The average Bonchev–Trinajstić information content (AvgIpc) is 2.55. The molecule has 0 N–H and O–H groups in total. The van der Waals surface area contributed by atoms with E-state index in [1.54, 1.807) is 7.11 Å². The molecule has 0 heterocycles. The summed E-state index contributed by atoms with van der Waals surface area (Å²) in [5, 5.41) is 0. The van der Waals surface area contributed by atoms with Gasteiger partial charge in [-0.3, -0.25) is 0 Å². The van der Waals surface area contributed by atoms with Crippen LogP contribution in [0.5, 0.6) is 5.75 Å². The smallest absolute Gasteiger partial charge is 0.124 e. The number of rotatable bonds is 6. The van der Waals surface area contributed by atoms with Gasteiger partial charge in [0.25, 0.3) is 0 Å². The molecule has 0 atom stereocenters. The molecule has 3 heteroatoms. The van der Waals surface area contributed by atoms with Gasteiger partial charge in [0.05, 0.1) is 19.1 Å². The number of aliphatic imine (C=N–C) groups is 1. The van der Waals surface area contributed by atoms with Gasteiger partial charge in [0.1, 0.15) is 5.75 Å². The first-order valence-corrected chi connectivity index (χ1v) is 8.01. The zero-order valence-corrected chi connectivity index (χ0v) is 14.8. The highest BCUT2D eigenvalue weighted by Gasteiger charge is 2.09. The molecule has 0 fully saturated rings. The molecule has 0 saturated heterocycles. The third-order valence-corrected chi connectivity index (χ3v) is 4.13. The third kappa shape index (κ3) is 4.35. The maximum atomic E-state index is 5.60. The van der Waals surface area contributed by atoms with Gasteiger partial charge >= 0.3 is 0 Å². The van der Waals surface area contributed by atoms with Gasteiger partial charge in [0, 0.05) is 26.1 Å². The van der Waals surface area contributed by atoms with Crippen LogP contribution < -0.4 is 4.74 Å². The second kappa shape index (κ2) is 7.82. The molecule has 23 heavy (non-hydrogen) atoms. The summed E-state index contributed by atoms with van der Waals surface area (Å²) < 4.78 is 5.60. The Morgan fingerprint density at radius 1 is 1.09 bits per heavy atom. The average molecular weight is 310 g/mol. The minimum atomic E-state index is 0.871. The Labute approximate surface area is 139 Å². The molecule has 0 saturated carbocycles. The molecule has 2 aromatic rings. The van der Waals surface area contributed by atoms with Crippen LogP contribution in [0.25, 0.3) is 0 Å². The van der Waals surface area contributed by atoms with Gasteiger partial charge in [-0.15, -0.1) is 0 Å². The highest BCUT2D eigenvalue weighted by atomic mass is 16.5. The molecule has 122 valence electrons. The van der Waals surface area contributed by atoms with Gasteiger partial charge in [-0.1, -0.05) is 24.3 Å². The molecule has 0 radical (unpaired) electrons. The first kappa shape index (κ1) is 17.1. The van der Waals surface area contributed by atoms with E-state index in [-0.39, 0.29) is 0 Å². The normalized spacial score (nSPS) is 11.0. The highest BCUT2D eigenvalue weighted by Crippen LogP contribution is 2.31. The fraction of sp³-hybridized carbons (Fsp3) is 0.350. The molecular formula is C20H26N2O. The van der Waals surface area contributed by atoms with Crippen molar-refractivity contribution < 1.29 is 4.74 Å². The minimum absolute atomic E-state index is 0.871. The summed E-state index contributed by atoms with van der Waals surface area (Å²) in [6.07, 6.45) is 2.73. The van der Waals surface area contributed by atoms with E-state index in [1.807, 2.05) is 24.4 Å². The van der Waals surface area contributed by atoms with E-state index in [2.05, 4.69) is 56.1 Å². The molecule has 0 aliphatic carbocycles. The summed E-state index contributed by atoms with van der Waals surface area (Å²) in [7, 11) is 3.74. The van der Waals surface area contributed by atoms with E-state index in [9.17, 15) is 0 Å². The monoisotopic (exact) mass is 310 g/mol. The van der Waals surface area contributed by atoms with E-state index < -0.39 is 0 Å². The molecule has 0 unspecified atom stereocenters. The number of ether oxygens (including phenoxy) is 1. The van der Waals surface area contributed by atoms with Crippen LogP contribution in [-0.2, 0) is 6.42 Å². The number of hydrogen-bond donors (Lipinski definition) is 0. The number of aryl methyl sites for hydroxylation is 2. The zero-order chi connectivity index (χ0) is 16.8. The lowest BCUT2D eigenvalue weighted by Gasteiger charge is -2.14. The summed E-state index contributed by atoms with van der Waals surface area (Å²) in [6, 6.07) is 12.7. The van der Waals surface area contributed by atoms with Crippen LogP contribution >= 0.6 is 0 Å². The third-order valence-electron chi connectivity index (χ3n) is 4.13. The topological polar surface area (TPSA) is 24.8 Å². The van der Waals surface area contributed by atoms with Crippen LogP contribution in [0.3, 0.4) is 0 Å². The molecule has 3 nitrogen and oxygen atoms in total. The Morgan fingerprint density at radius 3 is 2.48 bits per heavy atom. The second-order valence-corrected chi connectivity index (χ2v) is 5.87. The highest BCUT2D eigenvalue weighted by molar-refractivity contribution is 5.65. The molecule has 2 rings (SSSR count). The fourth-order valence-corrected chi connectivity index (χ4v) is 2.46. The van der Waals surface area contributed by atoms with Crippen molar-refractivity contribution >= 4 is 12.0 Å². The van der Waals surface area contributed by atoms with Crippen molar-refractivity contribution in [3.8, 4) is 5.75 Å². The SMILES string of the molecule is CCN(C)/C=N/c1cc(OC)c(Cc2ccccc2C)cc1C. The van der Waals surface area contributed by atoms with Crippen LogP contribution in [0.4, 0.5) is 5.69 Å². The van der Waals surface area contributed by atoms with Crippen molar-refractivity contribution in [2.45, 2.75) is 27.2 Å². The largest absolute Gasteiger partial charge is 0.496 e. The maximum Gasteiger partial charge on any atom is 0.124 e. The number of hydrogen-bond acceptors (Lipinski definition) is 2. The Hall–Kier alpha value is -2.29. The number of methoxy groups -OCH3 is 1. The van der Waals surface area contributed by atoms with E-state index >= 15 is 0 Å². The van der Waals surface area contributed by atoms with Crippen molar-refractivity contribution in [3.05, 3.63) is 58.7 Å². The lowest BCUT2D eigenvalue weighted by atomic mass is 9.98. The quantitative estimate of drug-likeness (QED) is 0.579.